The van der Waals surface area contributed by atoms with Crippen LogP contribution in [0.5, 0.6) is 5.75 Å². The molecule has 0 spiro atoms. The van der Waals surface area contributed by atoms with Crippen LogP contribution in [0, 0.1) is 5.92 Å². The normalized spacial score (nSPS) is 25.1. The molecule has 2 N–H and O–H groups in total. The van der Waals surface area contributed by atoms with Crippen LogP contribution in [0.1, 0.15) is 57.6 Å². The van der Waals surface area contributed by atoms with E-state index in [0.29, 0.717) is 11.1 Å². The van der Waals surface area contributed by atoms with Gasteiger partial charge in [0.15, 0.2) is 0 Å². The maximum atomic E-state index is 6.16. The van der Waals surface area contributed by atoms with Crippen LogP contribution in [0.15, 0.2) is 18.2 Å². The second-order valence-electron chi connectivity index (χ2n) is 5.64. The Balaban J connectivity index is 2.03. The van der Waals surface area contributed by atoms with Crippen molar-refractivity contribution >= 4 is 11.6 Å². The van der Waals surface area contributed by atoms with Crippen molar-refractivity contribution in [2.24, 2.45) is 11.7 Å². The lowest BCUT2D eigenvalue weighted by Gasteiger charge is -2.29. The summed E-state index contributed by atoms with van der Waals surface area (Å²) in [4.78, 5) is 0. The van der Waals surface area contributed by atoms with E-state index in [-0.39, 0.29) is 6.04 Å². The van der Waals surface area contributed by atoms with Gasteiger partial charge < -0.3 is 10.5 Å². The molecule has 19 heavy (non-hydrogen) atoms. The van der Waals surface area contributed by atoms with E-state index in [1.165, 1.54) is 19.3 Å². The molecule has 0 radical (unpaired) electrons. The molecule has 1 aliphatic rings. The maximum Gasteiger partial charge on any atom is 0.124 e. The standard InChI is InChI=1S/C16H24ClNO/c1-3-12-4-7-14(8-5-12)19-16-9-6-13(17)10-15(16)11(2)18/h6,9-12,14H,3-5,7-8,18H2,1-2H3/t11-,12?,14?/m0/s1. The molecule has 0 heterocycles. The second kappa shape index (κ2) is 6.62. The maximum absolute atomic E-state index is 6.16. The predicted molar refractivity (Wildman–Crippen MR) is 80.7 cm³/mol. The van der Waals surface area contributed by atoms with E-state index in [0.717, 1.165) is 30.1 Å². The number of halogens is 1. The van der Waals surface area contributed by atoms with E-state index >= 15 is 0 Å². The summed E-state index contributed by atoms with van der Waals surface area (Å²) in [7, 11) is 0. The van der Waals surface area contributed by atoms with E-state index in [4.69, 9.17) is 22.1 Å². The number of benzene rings is 1. The number of rotatable bonds is 4. The van der Waals surface area contributed by atoms with Crippen molar-refractivity contribution in [1.29, 1.82) is 0 Å². The van der Waals surface area contributed by atoms with Gasteiger partial charge in [-0.25, -0.2) is 0 Å². The number of hydrogen-bond donors (Lipinski definition) is 1. The number of nitrogens with two attached hydrogens (primary N) is 1. The second-order valence-corrected chi connectivity index (χ2v) is 6.08. The Bertz CT molecular complexity index is 411. The summed E-state index contributed by atoms with van der Waals surface area (Å²) in [5.74, 6) is 1.79. The fraction of sp³-hybridized carbons (Fsp3) is 0.625. The van der Waals surface area contributed by atoms with Crippen LogP contribution in [0.4, 0.5) is 0 Å². The predicted octanol–water partition coefficient (Wildman–Crippen LogP) is 4.71. The molecule has 106 valence electrons. The Morgan fingerprint density at radius 3 is 2.58 bits per heavy atom. The summed E-state index contributed by atoms with van der Waals surface area (Å²) < 4.78 is 6.16. The van der Waals surface area contributed by atoms with Gasteiger partial charge in [0, 0.05) is 16.6 Å². The lowest BCUT2D eigenvalue weighted by atomic mass is 9.86. The zero-order valence-corrected chi connectivity index (χ0v) is 12.6. The topological polar surface area (TPSA) is 35.2 Å². The highest BCUT2D eigenvalue weighted by Crippen LogP contribution is 2.33. The van der Waals surface area contributed by atoms with E-state index in [2.05, 4.69) is 6.92 Å². The smallest absolute Gasteiger partial charge is 0.124 e. The molecule has 0 bridgehead atoms. The van der Waals surface area contributed by atoms with Gasteiger partial charge in [-0.1, -0.05) is 24.9 Å². The molecule has 0 amide bonds. The first-order chi connectivity index (χ1) is 9.10. The van der Waals surface area contributed by atoms with Gasteiger partial charge in [0.25, 0.3) is 0 Å². The largest absolute Gasteiger partial charge is 0.490 e. The van der Waals surface area contributed by atoms with Crippen molar-refractivity contribution < 1.29 is 4.74 Å². The Labute approximate surface area is 121 Å². The lowest BCUT2D eigenvalue weighted by Crippen LogP contribution is -2.24. The molecule has 0 saturated heterocycles. The molecule has 1 aromatic carbocycles. The first kappa shape index (κ1) is 14.7. The summed E-state index contributed by atoms with van der Waals surface area (Å²) in [6.07, 6.45) is 6.49. The lowest BCUT2D eigenvalue weighted by molar-refractivity contribution is 0.128. The van der Waals surface area contributed by atoms with Crippen LogP contribution in [0.3, 0.4) is 0 Å². The molecule has 1 aromatic rings. The molecule has 3 heteroatoms. The minimum atomic E-state index is -0.0549. The first-order valence-corrected chi connectivity index (χ1v) is 7.69. The van der Waals surface area contributed by atoms with Gasteiger partial charge in [0.2, 0.25) is 0 Å². The monoisotopic (exact) mass is 281 g/mol. The van der Waals surface area contributed by atoms with E-state index in [1.54, 1.807) is 0 Å². The van der Waals surface area contributed by atoms with Crippen LogP contribution in [-0.2, 0) is 0 Å². The SMILES string of the molecule is CCC1CCC(Oc2ccc(Cl)cc2[C@H](C)N)CC1. The molecule has 2 rings (SSSR count). The fourth-order valence-corrected chi connectivity index (χ4v) is 3.00. The zero-order chi connectivity index (χ0) is 13.8. The quantitative estimate of drug-likeness (QED) is 0.868. The van der Waals surface area contributed by atoms with Crippen molar-refractivity contribution in [3.8, 4) is 5.75 Å². The summed E-state index contributed by atoms with van der Waals surface area (Å²) in [6, 6.07) is 5.69. The van der Waals surface area contributed by atoms with Gasteiger partial charge in [-0.3, -0.25) is 0 Å². The van der Waals surface area contributed by atoms with Gasteiger partial charge in [-0.2, -0.15) is 0 Å². The van der Waals surface area contributed by atoms with Gasteiger partial charge in [0.1, 0.15) is 5.75 Å². The van der Waals surface area contributed by atoms with E-state index in [9.17, 15) is 0 Å². The number of hydrogen-bond acceptors (Lipinski definition) is 2. The Morgan fingerprint density at radius 2 is 2.00 bits per heavy atom. The third-order valence-electron chi connectivity index (χ3n) is 4.13. The highest BCUT2D eigenvalue weighted by molar-refractivity contribution is 6.30. The zero-order valence-electron chi connectivity index (χ0n) is 11.9. The van der Waals surface area contributed by atoms with Crippen molar-refractivity contribution in [2.75, 3.05) is 0 Å². The highest BCUT2D eigenvalue weighted by atomic mass is 35.5. The summed E-state index contributed by atoms with van der Waals surface area (Å²) >= 11 is 6.03. The molecule has 1 fully saturated rings. The van der Waals surface area contributed by atoms with Crippen molar-refractivity contribution in [1.82, 2.24) is 0 Å². The first-order valence-electron chi connectivity index (χ1n) is 7.31. The van der Waals surface area contributed by atoms with Crippen LogP contribution >= 0.6 is 11.6 Å². The average molecular weight is 282 g/mol. The molecule has 2 nitrogen and oxygen atoms in total. The van der Waals surface area contributed by atoms with E-state index < -0.39 is 0 Å². The molecular weight excluding hydrogens is 258 g/mol. The summed E-state index contributed by atoms with van der Waals surface area (Å²) in [6.45, 7) is 4.24. The van der Waals surface area contributed by atoms with Gasteiger partial charge in [-0.15, -0.1) is 0 Å². The summed E-state index contributed by atoms with van der Waals surface area (Å²) in [5.41, 5.74) is 7.00. The fourth-order valence-electron chi connectivity index (χ4n) is 2.82. The molecule has 0 aromatic heterocycles. The Kier molecular flexibility index (Phi) is 5.12. The van der Waals surface area contributed by atoms with Gasteiger partial charge in [-0.05, 0) is 56.7 Å². The van der Waals surface area contributed by atoms with Crippen molar-refractivity contribution in [3.63, 3.8) is 0 Å². The third kappa shape index (κ3) is 3.87. The minimum absolute atomic E-state index is 0.0549. The molecule has 1 saturated carbocycles. The third-order valence-corrected chi connectivity index (χ3v) is 4.36. The molecule has 0 aliphatic heterocycles. The van der Waals surface area contributed by atoms with Crippen LogP contribution < -0.4 is 10.5 Å². The minimum Gasteiger partial charge on any atom is -0.490 e. The number of ether oxygens (including phenoxy) is 1. The average Bonchev–Trinajstić information content (AvgIpc) is 2.41. The molecule has 1 atom stereocenters. The van der Waals surface area contributed by atoms with Gasteiger partial charge in [0.05, 0.1) is 6.10 Å². The molecular formula is C16H24ClNO. The van der Waals surface area contributed by atoms with Crippen LogP contribution in [0.25, 0.3) is 0 Å². The molecule has 0 unspecified atom stereocenters. The van der Waals surface area contributed by atoms with Gasteiger partial charge >= 0.3 is 0 Å². The van der Waals surface area contributed by atoms with Crippen LogP contribution in [0.2, 0.25) is 5.02 Å². The highest BCUT2D eigenvalue weighted by Gasteiger charge is 2.22. The Morgan fingerprint density at radius 1 is 1.32 bits per heavy atom. The Hall–Kier alpha value is -0.730. The van der Waals surface area contributed by atoms with Crippen molar-refractivity contribution in [3.05, 3.63) is 28.8 Å². The molecule has 1 aliphatic carbocycles. The van der Waals surface area contributed by atoms with E-state index in [1.807, 2.05) is 25.1 Å². The summed E-state index contributed by atoms with van der Waals surface area (Å²) in [5, 5.41) is 0.717. The van der Waals surface area contributed by atoms with Crippen molar-refractivity contribution in [2.45, 2.75) is 58.1 Å². The van der Waals surface area contributed by atoms with Crippen LogP contribution in [-0.4, -0.2) is 6.10 Å².